The van der Waals surface area contributed by atoms with Crippen molar-refractivity contribution in [3.05, 3.63) is 0 Å². The highest BCUT2D eigenvalue weighted by atomic mass is 16.2. The first-order chi connectivity index (χ1) is 7.06. The Labute approximate surface area is 88.8 Å². The average molecular weight is 209 g/mol. The van der Waals surface area contributed by atoms with Gasteiger partial charge in [0.2, 0.25) is 11.8 Å². The van der Waals surface area contributed by atoms with Crippen LogP contribution in [-0.2, 0) is 9.59 Å². The van der Waals surface area contributed by atoms with E-state index >= 15 is 0 Å². The van der Waals surface area contributed by atoms with Crippen LogP contribution in [0, 0.1) is 23.2 Å². The Balaban J connectivity index is 2.48. The molecule has 5 nitrogen and oxygen atoms in total. The lowest BCUT2D eigenvalue weighted by atomic mass is 9.95. The minimum atomic E-state index is -0.602. The van der Waals surface area contributed by atoms with E-state index in [1.165, 1.54) is 0 Å². The van der Waals surface area contributed by atoms with Crippen molar-refractivity contribution in [2.75, 3.05) is 13.1 Å². The lowest BCUT2D eigenvalue weighted by Gasteiger charge is -2.31. The lowest BCUT2D eigenvalue weighted by molar-refractivity contribution is -0.136. The van der Waals surface area contributed by atoms with Crippen molar-refractivity contribution in [2.45, 2.75) is 19.8 Å². The van der Waals surface area contributed by atoms with Crippen molar-refractivity contribution in [1.29, 1.82) is 5.26 Å². The predicted octanol–water partition coefficient (Wildman–Crippen LogP) is -0.130. The molecule has 1 unspecified atom stereocenters. The van der Waals surface area contributed by atoms with Crippen molar-refractivity contribution in [2.24, 2.45) is 17.6 Å². The molecular formula is C10H15N3O2. The SMILES string of the molecule is CC(C#N)C(=O)N1CCC(C(N)=O)CC1. The highest BCUT2D eigenvalue weighted by molar-refractivity contribution is 5.81. The first kappa shape index (κ1) is 11.5. The third-order valence-corrected chi connectivity index (χ3v) is 2.77. The molecule has 0 spiro atoms. The highest BCUT2D eigenvalue weighted by Gasteiger charge is 2.27. The van der Waals surface area contributed by atoms with Gasteiger partial charge in [0.25, 0.3) is 0 Å². The van der Waals surface area contributed by atoms with Crippen LogP contribution in [0.5, 0.6) is 0 Å². The van der Waals surface area contributed by atoms with Crippen LogP contribution in [0.15, 0.2) is 0 Å². The Morgan fingerprint density at radius 3 is 2.40 bits per heavy atom. The normalized spacial score (nSPS) is 19.3. The quantitative estimate of drug-likeness (QED) is 0.687. The third-order valence-electron chi connectivity index (χ3n) is 2.77. The minimum Gasteiger partial charge on any atom is -0.369 e. The number of hydrogen-bond donors (Lipinski definition) is 1. The van der Waals surface area contributed by atoms with Crippen molar-refractivity contribution < 1.29 is 9.59 Å². The lowest BCUT2D eigenvalue weighted by Crippen LogP contribution is -2.43. The molecule has 2 amide bonds. The van der Waals surface area contributed by atoms with Gasteiger partial charge in [-0.3, -0.25) is 9.59 Å². The van der Waals surface area contributed by atoms with E-state index in [1.807, 2.05) is 6.07 Å². The van der Waals surface area contributed by atoms with Gasteiger partial charge in [0.05, 0.1) is 6.07 Å². The van der Waals surface area contributed by atoms with E-state index in [-0.39, 0.29) is 17.7 Å². The molecule has 0 saturated carbocycles. The zero-order valence-corrected chi connectivity index (χ0v) is 8.77. The van der Waals surface area contributed by atoms with Crippen molar-refractivity contribution in [3.63, 3.8) is 0 Å². The molecule has 0 aromatic carbocycles. The van der Waals surface area contributed by atoms with Gasteiger partial charge in [-0.15, -0.1) is 0 Å². The highest BCUT2D eigenvalue weighted by Crippen LogP contribution is 2.18. The van der Waals surface area contributed by atoms with E-state index in [0.29, 0.717) is 25.9 Å². The molecule has 0 aromatic heterocycles. The van der Waals surface area contributed by atoms with Gasteiger partial charge in [-0.1, -0.05) is 0 Å². The summed E-state index contributed by atoms with van der Waals surface area (Å²) in [5.41, 5.74) is 5.18. The number of nitrogens with two attached hydrogens (primary N) is 1. The molecule has 1 rings (SSSR count). The largest absolute Gasteiger partial charge is 0.369 e. The first-order valence-corrected chi connectivity index (χ1v) is 5.04. The Kier molecular flexibility index (Phi) is 3.67. The van der Waals surface area contributed by atoms with Crippen LogP contribution < -0.4 is 5.73 Å². The second kappa shape index (κ2) is 4.78. The molecule has 82 valence electrons. The number of likely N-dealkylation sites (tertiary alicyclic amines) is 1. The Bertz CT molecular complexity index is 300. The van der Waals surface area contributed by atoms with Gasteiger partial charge >= 0.3 is 0 Å². The Morgan fingerprint density at radius 1 is 1.47 bits per heavy atom. The molecule has 1 aliphatic rings. The fourth-order valence-electron chi connectivity index (χ4n) is 1.71. The minimum absolute atomic E-state index is 0.119. The summed E-state index contributed by atoms with van der Waals surface area (Å²) in [5.74, 6) is -1.17. The van der Waals surface area contributed by atoms with Gasteiger partial charge in [-0.2, -0.15) is 5.26 Å². The predicted molar refractivity (Wildman–Crippen MR) is 53.3 cm³/mol. The van der Waals surface area contributed by atoms with E-state index in [1.54, 1.807) is 11.8 Å². The number of amides is 2. The van der Waals surface area contributed by atoms with E-state index in [0.717, 1.165) is 0 Å². The van der Waals surface area contributed by atoms with Crippen LogP contribution >= 0.6 is 0 Å². The summed E-state index contributed by atoms with van der Waals surface area (Å²) in [6, 6.07) is 1.91. The number of primary amides is 1. The van der Waals surface area contributed by atoms with Crippen molar-refractivity contribution in [3.8, 4) is 6.07 Å². The van der Waals surface area contributed by atoms with Gasteiger partial charge < -0.3 is 10.6 Å². The molecule has 0 aromatic rings. The summed E-state index contributed by atoms with van der Waals surface area (Å²) in [6.07, 6.45) is 1.22. The number of hydrogen-bond acceptors (Lipinski definition) is 3. The molecule has 1 heterocycles. The maximum atomic E-state index is 11.6. The molecule has 1 atom stereocenters. The van der Waals surface area contributed by atoms with Gasteiger partial charge in [0.15, 0.2) is 0 Å². The smallest absolute Gasteiger partial charge is 0.239 e. The van der Waals surface area contributed by atoms with E-state index in [9.17, 15) is 9.59 Å². The van der Waals surface area contributed by atoms with Crippen LogP contribution in [0.3, 0.4) is 0 Å². The second-order valence-electron chi connectivity index (χ2n) is 3.85. The monoisotopic (exact) mass is 209 g/mol. The van der Waals surface area contributed by atoms with Crippen LogP contribution in [0.1, 0.15) is 19.8 Å². The molecule has 5 heteroatoms. The molecule has 0 bridgehead atoms. The molecular weight excluding hydrogens is 194 g/mol. The van der Waals surface area contributed by atoms with Gasteiger partial charge in [0.1, 0.15) is 5.92 Å². The molecule has 1 aliphatic heterocycles. The molecule has 1 fully saturated rings. The maximum absolute atomic E-state index is 11.6. The summed E-state index contributed by atoms with van der Waals surface area (Å²) in [6.45, 7) is 2.64. The van der Waals surface area contributed by atoms with E-state index < -0.39 is 5.92 Å². The zero-order chi connectivity index (χ0) is 11.4. The Hall–Kier alpha value is -1.57. The van der Waals surface area contributed by atoms with Gasteiger partial charge in [0, 0.05) is 19.0 Å². The van der Waals surface area contributed by atoms with Gasteiger partial charge in [-0.05, 0) is 19.8 Å². The maximum Gasteiger partial charge on any atom is 0.239 e. The number of carbonyl (C=O) groups is 2. The number of piperidine rings is 1. The number of carbonyl (C=O) groups excluding carboxylic acids is 2. The standard InChI is InChI=1S/C10H15N3O2/c1-7(6-11)10(15)13-4-2-8(3-5-13)9(12)14/h7-8H,2-5H2,1H3,(H2,12,14). The summed E-state index contributed by atoms with van der Waals surface area (Å²) >= 11 is 0. The molecule has 15 heavy (non-hydrogen) atoms. The van der Waals surface area contributed by atoms with Crippen LogP contribution in [0.4, 0.5) is 0 Å². The fraction of sp³-hybridized carbons (Fsp3) is 0.700. The average Bonchev–Trinajstić information content (AvgIpc) is 2.27. The summed E-state index contributed by atoms with van der Waals surface area (Å²) in [5, 5.41) is 8.60. The third kappa shape index (κ3) is 2.69. The second-order valence-corrected chi connectivity index (χ2v) is 3.85. The first-order valence-electron chi connectivity index (χ1n) is 5.04. The zero-order valence-electron chi connectivity index (χ0n) is 8.77. The molecule has 2 N–H and O–H groups in total. The number of rotatable bonds is 2. The van der Waals surface area contributed by atoms with Crippen LogP contribution in [0.25, 0.3) is 0 Å². The fourth-order valence-corrected chi connectivity index (χ4v) is 1.71. The van der Waals surface area contributed by atoms with Crippen molar-refractivity contribution in [1.82, 2.24) is 4.90 Å². The molecule has 1 saturated heterocycles. The number of nitriles is 1. The number of nitrogens with zero attached hydrogens (tertiary/aromatic N) is 2. The summed E-state index contributed by atoms with van der Waals surface area (Å²) in [4.78, 5) is 24.1. The van der Waals surface area contributed by atoms with Gasteiger partial charge in [-0.25, -0.2) is 0 Å². The Morgan fingerprint density at radius 2 is 2.00 bits per heavy atom. The molecule has 0 radical (unpaired) electrons. The summed E-state index contributed by atoms with van der Waals surface area (Å²) < 4.78 is 0. The van der Waals surface area contributed by atoms with Crippen molar-refractivity contribution >= 4 is 11.8 Å². The van der Waals surface area contributed by atoms with E-state index in [2.05, 4.69) is 0 Å². The van der Waals surface area contributed by atoms with Crippen LogP contribution in [0.2, 0.25) is 0 Å². The van der Waals surface area contributed by atoms with E-state index in [4.69, 9.17) is 11.0 Å². The topological polar surface area (TPSA) is 87.2 Å². The summed E-state index contributed by atoms with van der Waals surface area (Å²) in [7, 11) is 0. The van der Waals surface area contributed by atoms with Crippen LogP contribution in [-0.4, -0.2) is 29.8 Å². The molecule has 0 aliphatic carbocycles.